The van der Waals surface area contributed by atoms with Crippen LogP contribution in [0.15, 0.2) is 59.5 Å². The molecule has 0 spiro atoms. The molecule has 1 atom stereocenters. The Morgan fingerprint density at radius 3 is 2.22 bits per heavy atom. The molecule has 7 heteroatoms. The number of methoxy groups -OCH3 is 3. The third-order valence-electron chi connectivity index (χ3n) is 6.21. The Morgan fingerprint density at radius 1 is 0.833 bits per heavy atom. The van der Waals surface area contributed by atoms with Crippen molar-refractivity contribution in [2.24, 2.45) is 0 Å². The van der Waals surface area contributed by atoms with E-state index in [1.807, 2.05) is 37.7 Å². The van der Waals surface area contributed by atoms with Crippen molar-refractivity contribution in [3.63, 3.8) is 0 Å². The Bertz CT molecular complexity index is 1140. The minimum Gasteiger partial charge on any atom is -0.494 e. The Morgan fingerprint density at radius 2 is 1.56 bits per heavy atom. The van der Waals surface area contributed by atoms with E-state index in [0.29, 0.717) is 30.5 Å². The van der Waals surface area contributed by atoms with Gasteiger partial charge in [0.15, 0.2) is 11.5 Å². The van der Waals surface area contributed by atoms with E-state index < -0.39 is 0 Å². The molecule has 3 aromatic carbocycles. The fourth-order valence-corrected chi connectivity index (χ4v) is 5.84. The number of ether oxygens (including phenoxy) is 5. The average Bonchev–Trinajstić information content (AvgIpc) is 3.08. The Kier molecular flexibility index (Phi) is 8.75. The van der Waals surface area contributed by atoms with E-state index in [1.54, 1.807) is 21.3 Å². The molecule has 192 valence electrons. The van der Waals surface area contributed by atoms with Crippen LogP contribution in [0.1, 0.15) is 36.6 Å². The summed E-state index contributed by atoms with van der Waals surface area (Å²) >= 11 is 1.85. The molecule has 0 bridgehead atoms. The first-order chi connectivity index (χ1) is 17.6. The van der Waals surface area contributed by atoms with Gasteiger partial charge in [0.25, 0.3) is 0 Å². The fraction of sp³-hybridized carbons (Fsp3) is 0.379. The van der Waals surface area contributed by atoms with Gasteiger partial charge in [0.05, 0.1) is 40.2 Å². The highest BCUT2D eigenvalue weighted by molar-refractivity contribution is 7.99. The topological polar surface area (TPSA) is 49.4 Å². The smallest absolute Gasteiger partial charge is 0.203 e. The Balaban J connectivity index is 1.72. The van der Waals surface area contributed by atoms with Gasteiger partial charge in [-0.25, -0.2) is 0 Å². The number of para-hydroxylation sites is 1. The van der Waals surface area contributed by atoms with Gasteiger partial charge >= 0.3 is 0 Å². The van der Waals surface area contributed by atoms with E-state index in [-0.39, 0.29) is 5.25 Å². The van der Waals surface area contributed by atoms with Gasteiger partial charge < -0.3 is 28.6 Å². The zero-order chi connectivity index (χ0) is 25.5. The van der Waals surface area contributed by atoms with Crippen LogP contribution in [-0.2, 0) is 6.54 Å². The predicted molar refractivity (Wildman–Crippen MR) is 146 cm³/mol. The highest BCUT2D eigenvalue weighted by atomic mass is 32.2. The number of hydrogen-bond acceptors (Lipinski definition) is 7. The van der Waals surface area contributed by atoms with Gasteiger partial charge in [-0.2, -0.15) is 0 Å². The first-order valence-electron chi connectivity index (χ1n) is 12.3. The van der Waals surface area contributed by atoms with E-state index in [0.717, 1.165) is 36.6 Å². The number of anilines is 1. The summed E-state index contributed by atoms with van der Waals surface area (Å²) in [6, 6.07) is 18.8. The van der Waals surface area contributed by atoms with Crippen LogP contribution in [0.2, 0.25) is 0 Å². The van der Waals surface area contributed by atoms with E-state index in [4.69, 9.17) is 23.7 Å². The van der Waals surface area contributed by atoms with Crippen LogP contribution in [-0.4, -0.2) is 41.1 Å². The Labute approximate surface area is 218 Å². The van der Waals surface area contributed by atoms with E-state index in [1.165, 1.54) is 16.1 Å². The molecule has 0 aromatic heterocycles. The third-order valence-corrected chi connectivity index (χ3v) is 7.58. The van der Waals surface area contributed by atoms with Crippen LogP contribution in [0.5, 0.6) is 28.7 Å². The van der Waals surface area contributed by atoms with Crippen LogP contribution < -0.4 is 28.6 Å². The first kappa shape index (κ1) is 25.9. The van der Waals surface area contributed by atoms with Gasteiger partial charge in [0.1, 0.15) is 11.5 Å². The lowest BCUT2D eigenvalue weighted by molar-refractivity contribution is 0.323. The molecular weight excluding hydrogens is 474 g/mol. The summed E-state index contributed by atoms with van der Waals surface area (Å²) in [5, 5.41) is 0.196. The number of thioether (sulfide) groups is 1. The van der Waals surface area contributed by atoms with Crippen molar-refractivity contribution >= 4 is 17.4 Å². The van der Waals surface area contributed by atoms with Gasteiger partial charge in [-0.05, 0) is 62.2 Å². The second-order valence-corrected chi connectivity index (χ2v) is 9.62. The summed E-state index contributed by atoms with van der Waals surface area (Å²) in [7, 11) is 4.94. The second-order valence-electron chi connectivity index (χ2n) is 8.38. The number of hydrogen-bond donors (Lipinski definition) is 0. The minimum atomic E-state index is 0.196. The zero-order valence-corrected chi connectivity index (χ0v) is 22.5. The monoisotopic (exact) mass is 509 g/mol. The molecule has 0 N–H and O–H groups in total. The van der Waals surface area contributed by atoms with Crippen molar-refractivity contribution in [3.05, 3.63) is 65.7 Å². The molecule has 0 amide bonds. The summed E-state index contributed by atoms with van der Waals surface area (Å²) < 4.78 is 28.6. The molecule has 1 aliphatic rings. The maximum absolute atomic E-state index is 5.92. The van der Waals surface area contributed by atoms with Crippen molar-refractivity contribution in [3.8, 4) is 28.7 Å². The second kappa shape index (κ2) is 12.2. The van der Waals surface area contributed by atoms with Gasteiger partial charge in [-0.1, -0.05) is 18.2 Å². The summed E-state index contributed by atoms with van der Waals surface area (Å²) in [5.74, 6) is 3.76. The molecule has 1 heterocycles. The van der Waals surface area contributed by atoms with Gasteiger partial charge in [0.2, 0.25) is 5.75 Å². The molecule has 4 rings (SSSR count). The SMILES string of the molecule is CCOc1ccc2c(c1)S[C@@H](c1cc(OC)c(OC)c(OC)c1)CCN2Cc1ccccc1OCC. The van der Waals surface area contributed by atoms with Crippen LogP contribution in [0.4, 0.5) is 5.69 Å². The predicted octanol–water partition coefficient (Wildman–Crippen LogP) is 6.75. The van der Waals surface area contributed by atoms with Crippen molar-refractivity contribution in [1.29, 1.82) is 0 Å². The molecule has 0 saturated heterocycles. The molecule has 0 aliphatic carbocycles. The Hall–Kier alpha value is -3.19. The number of benzene rings is 3. The van der Waals surface area contributed by atoms with E-state index in [9.17, 15) is 0 Å². The zero-order valence-electron chi connectivity index (χ0n) is 21.7. The third kappa shape index (κ3) is 5.62. The van der Waals surface area contributed by atoms with Crippen LogP contribution >= 0.6 is 11.8 Å². The van der Waals surface area contributed by atoms with Crippen molar-refractivity contribution < 1.29 is 23.7 Å². The summed E-state index contributed by atoms with van der Waals surface area (Å²) in [6.07, 6.45) is 0.943. The molecular formula is C29H35NO5S. The van der Waals surface area contributed by atoms with Crippen LogP contribution in [0, 0.1) is 0 Å². The highest BCUT2D eigenvalue weighted by Crippen LogP contribution is 2.49. The molecule has 1 aliphatic heterocycles. The van der Waals surface area contributed by atoms with Crippen molar-refractivity contribution in [2.75, 3.05) is 46.0 Å². The van der Waals surface area contributed by atoms with Crippen LogP contribution in [0.3, 0.4) is 0 Å². The largest absolute Gasteiger partial charge is 0.494 e. The average molecular weight is 510 g/mol. The lowest BCUT2D eigenvalue weighted by Gasteiger charge is -2.26. The summed E-state index contributed by atoms with van der Waals surface area (Å²) in [4.78, 5) is 3.62. The molecule has 0 radical (unpaired) electrons. The molecule has 0 saturated carbocycles. The standard InChI is InChI=1S/C29H35NO5S/c1-6-34-22-12-13-23-28(18-22)36-27(21-16-25(31-3)29(33-5)26(17-21)32-4)14-15-30(23)19-20-10-8-9-11-24(20)35-7-2/h8-13,16-18,27H,6-7,14-15,19H2,1-5H3/t27-/m1/s1. The van der Waals surface area contributed by atoms with E-state index >= 15 is 0 Å². The van der Waals surface area contributed by atoms with Gasteiger partial charge in [-0.15, -0.1) is 11.8 Å². The summed E-state index contributed by atoms with van der Waals surface area (Å²) in [5.41, 5.74) is 3.51. The maximum Gasteiger partial charge on any atom is 0.203 e. The number of nitrogens with zero attached hydrogens (tertiary/aromatic N) is 1. The normalized spacial score (nSPS) is 15.0. The van der Waals surface area contributed by atoms with Gasteiger partial charge in [-0.3, -0.25) is 0 Å². The lowest BCUT2D eigenvalue weighted by Crippen LogP contribution is -2.24. The summed E-state index contributed by atoms with van der Waals surface area (Å²) in [6.45, 7) is 6.95. The van der Waals surface area contributed by atoms with Crippen molar-refractivity contribution in [1.82, 2.24) is 0 Å². The number of rotatable bonds is 10. The highest BCUT2D eigenvalue weighted by Gasteiger charge is 2.27. The molecule has 0 unspecified atom stereocenters. The first-order valence-corrected chi connectivity index (χ1v) is 13.2. The van der Waals surface area contributed by atoms with Crippen LogP contribution in [0.25, 0.3) is 0 Å². The van der Waals surface area contributed by atoms with Gasteiger partial charge in [0, 0.05) is 28.8 Å². The van der Waals surface area contributed by atoms with E-state index in [2.05, 4.69) is 47.4 Å². The minimum absolute atomic E-state index is 0.196. The maximum atomic E-state index is 5.92. The molecule has 36 heavy (non-hydrogen) atoms. The van der Waals surface area contributed by atoms with Crippen molar-refractivity contribution in [2.45, 2.75) is 37.0 Å². The lowest BCUT2D eigenvalue weighted by atomic mass is 10.1. The number of fused-ring (bicyclic) bond motifs is 1. The molecule has 3 aromatic rings. The fourth-order valence-electron chi connectivity index (χ4n) is 4.53. The quantitative estimate of drug-likeness (QED) is 0.299. The molecule has 0 fully saturated rings. The molecule has 6 nitrogen and oxygen atoms in total.